The number of benzene rings is 2. The van der Waals surface area contributed by atoms with E-state index in [-0.39, 0.29) is 23.0 Å². The number of ether oxygens (including phenoxy) is 2. The zero-order valence-corrected chi connectivity index (χ0v) is 14.0. The average Bonchev–Trinajstić information content (AvgIpc) is 2.55. The number of rotatable bonds is 3. The van der Waals surface area contributed by atoms with Crippen LogP contribution in [0.5, 0.6) is 28.7 Å². The summed E-state index contributed by atoms with van der Waals surface area (Å²) in [6.07, 6.45) is -0.693. The average molecular weight is 344 g/mol. The quantitative estimate of drug-likeness (QED) is 0.638. The molecular formula is C19H20O6. The molecule has 0 aliphatic carbocycles. The number of fused-ring (bicyclic) bond motifs is 1. The fourth-order valence-electron chi connectivity index (χ4n) is 3.12. The molecule has 0 fully saturated rings. The molecular weight excluding hydrogens is 324 g/mol. The Kier molecular flexibility index (Phi) is 4.22. The van der Waals surface area contributed by atoms with E-state index in [1.807, 2.05) is 0 Å². The lowest BCUT2D eigenvalue weighted by Gasteiger charge is -2.34. The number of hydrogen-bond acceptors (Lipinski definition) is 6. The monoisotopic (exact) mass is 344 g/mol. The van der Waals surface area contributed by atoms with Crippen molar-refractivity contribution in [3.63, 3.8) is 0 Å². The first-order valence-electron chi connectivity index (χ1n) is 7.77. The Morgan fingerprint density at radius 2 is 1.76 bits per heavy atom. The van der Waals surface area contributed by atoms with E-state index in [1.54, 1.807) is 6.92 Å². The van der Waals surface area contributed by atoms with Crippen LogP contribution in [0.4, 0.5) is 0 Å². The minimum atomic E-state index is -0.614. The van der Waals surface area contributed by atoms with E-state index in [4.69, 9.17) is 9.47 Å². The van der Waals surface area contributed by atoms with Crippen molar-refractivity contribution in [2.45, 2.75) is 25.6 Å². The topological polar surface area (TPSA) is 99.4 Å². The van der Waals surface area contributed by atoms with E-state index in [0.717, 1.165) is 0 Å². The maximum atomic E-state index is 10.0. The van der Waals surface area contributed by atoms with Gasteiger partial charge in [-0.25, -0.2) is 0 Å². The Balaban J connectivity index is 2.13. The number of aromatic hydroxyl groups is 4. The number of allylic oxidation sites excluding steroid dienone is 1. The molecule has 25 heavy (non-hydrogen) atoms. The van der Waals surface area contributed by atoms with Crippen molar-refractivity contribution in [3.05, 3.63) is 47.5 Å². The molecule has 0 amide bonds. The molecule has 6 nitrogen and oxygen atoms in total. The second-order valence-corrected chi connectivity index (χ2v) is 6.17. The Hall–Kier alpha value is -2.86. The van der Waals surface area contributed by atoms with Crippen LogP contribution in [-0.2, 0) is 11.2 Å². The Labute approximate surface area is 145 Å². The first-order chi connectivity index (χ1) is 11.8. The van der Waals surface area contributed by atoms with Crippen LogP contribution in [-0.4, -0.2) is 33.6 Å². The van der Waals surface area contributed by atoms with Crippen molar-refractivity contribution in [1.29, 1.82) is 0 Å². The summed E-state index contributed by atoms with van der Waals surface area (Å²) in [5, 5.41) is 39.5. The Morgan fingerprint density at radius 1 is 1.08 bits per heavy atom. The molecule has 0 aromatic heterocycles. The van der Waals surface area contributed by atoms with Crippen molar-refractivity contribution in [2.75, 3.05) is 7.11 Å². The van der Waals surface area contributed by atoms with Crippen LogP contribution in [0.1, 0.15) is 29.7 Å². The third kappa shape index (κ3) is 2.96. The van der Waals surface area contributed by atoms with Gasteiger partial charge >= 0.3 is 0 Å². The zero-order chi connectivity index (χ0) is 18.3. The van der Waals surface area contributed by atoms with Crippen LogP contribution >= 0.6 is 0 Å². The van der Waals surface area contributed by atoms with Crippen LogP contribution < -0.4 is 4.74 Å². The molecule has 0 saturated carbocycles. The number of methoxy groups -OCH3 is 1. The summed E-state index contributed by atoms with van der Waals surface area (Å²) in [5.41, 5.74) is 2.47. The lowest BCUT2D eigenvalue weighted by molar-refractivity contribution is -0.0123. The molecule has 0 radical (unpaired) electrons. The molecule has 1 aliphatic heterocycles. The van der Waals surface area contributed by atoms with Gasteiger partial charge < -0.3 is 29.9 Å². The van der Waals surface area contributed by atoms with Gasteiger partial charge in [0.1, 0.15) is 23.4 Å². The van der Waals surface area contributed by atoms with Gasteiger partial charge in [-0.3, -0.25) is 0 Å². The largest absolute Gasteiger partial charge is 0.508 e. The molecule has 3 rings (SSSR count). The van der Waals surface area contributed by atoms with E-state index in [0.29, 0.717) is 34.4 Å². The number of hydrogen-bond donors (Lipinski definition) is 4. The van der Waals surface area contributed by atoms with Gasteiger partial charge in [-0.2, -0.15) is 0 Å². The van der Waals surface area contributed by atoms with Gasteiger partial charge in [0.25, 0.3) is 0 Å². The molecule has 2 aromatic rings. The predicted octanol–water partition coefficient (Wildman–Crippen LogP) is 3.23. The maximum absolute atomic E-state index is 10.0. The molecule has 4 N–H and O–H groups in total. The van der Waals surface area contributed by atoms with E-state index in [9.17, 15) is 20.4 Å². The summed E-state index contributed by atoms with van der Waals surface area (Å²) in [5.74, 6) is -0.357. The van der Waals surface area contributed by atoms with Gasteiger partial charge in [0.2, 0.25) is 0 Å². The second kappa shape index (κ2) is 6.22. The van der Waals surface area contributed by atoms with Crippen LogP contribution in [0.15, 0.2) is 30.8 Å². The molecule has 0 unspecified atom stereocenters. The lowest BCUT2D eigenvalue weighted by Crippen LogP contribution is -2.32. The van der Waals surface area contributed by atoms with Gasteiger partial charge in [0.15, 0.2) is 17.6 Å². The molecule has 1 heterocycles. The van der Waals surface area contributed by atoms with Crippen LogP contribution in [0.25, 0.3) is 5.57 Å². The summed E-state index contributed by atoms with van der Waals surface area (Å²) >= 11 is 0. The molecule has 0 saturated heterocycles. The van der Waals surface area contributed by atoms with E-state index >= 15 is 0 Å². The van der Waals surface area contributed by atoms with E-state index in [1.165, 1.54) is 31.4 Å². The van der Waals surface area contributed by atoms with Crippen LogP contribution in [0.2, 0.25) is 0 Å². The first-order valence-corrected chi connectivity index (χ1v) is 7.77. The van der Waals surface area contributed by atoms with Gasteiger partial charge in [-0.1, -0.05) is 12.2 Å². The number of phenols is 4. The zero-order valence-electron chi connectivity index (χ0n) is 14.0. The summed E-state index contributed by atoms with van der Waals surface area (Å²) in [4.78, 5) is 0. The van der Waals surface area contributed by atoms with Gasteiger partial charge in [-0.05, 0) is 24.6 Å². The minimum absolute atomic E-state index is 0.0656. The van der Waals surface area contributed by atoms with Crippen molar-refractivity contribution < 1.29 is 29.9 Å². The van der Waals surface area contributed by atoms with Gasteiger partial charge in [0, 0.05) is 36.8 Å². The normalized spacial score (nSPS) is 19.1. The molecule has 1 aliphatic rings. The SMILES string of the molecule is C=C(C)c1cc(O)c(O)cc1[C@H]1Oc2cc(O)cc(O)c2C[C@H]1OC. The van der Waals surface area contributed by atoms with Crippen LogP contribution in [0, 0.1) is 0 Å². The smallest absolute Gasteiger partial charge is 0.158 e. The molecule has 0 spiro atoms. The van der Waals surface area contributed by atoms with Crippen molar-refractivity contribution >= 4 is 5.57 Å². The van der Waals surface area contributed by atoms with Crippen molar-refractivity contribution in [3.8, 4) is 28.7 Å². The maximum Gasteiger partial charge on any atom is 0.158 e. The Bertz CT molecular complexity index is 842. The fourth-order valence-corrected chi connectivity index (χ4v) is 3.12. The highest BCUT2D eigenvalue weighted by atomic mass is 16.5. The summed E-state index contributed by atoms with van der Waals surface area (Å²) in [6.45, 7) is 5.69. The minimum Gasteiger partial charge on any atom is -0.508 e. The summed E-state index contributed by atoms with van der Waals surface area (Å²) < 4.78 is 11.5. The van der Waals surface area contributed by atoms with E-state index in [2.05, 4.69) is 6.58 Å². The van der Waals surface area contributed by atoms with Crippen LogP contribution in [0.3, 0.4) is 0 Å². The van der Waals surface area contributed by atoms with Crippen molar-refractivity contribution in [2.24, 2.45) is 0 Å². The van der Waals surface area contributed by atoms with Crippen molar-refractivity contribution in [1.82, 2.24) is 0 Å². The number of phenolic OH excluding ortho intramolecular Hbond substituents is 4. The molecule has 2 atom stereocenters. The highest BCUT2D eigenvalue weighted by Crippen LogP contribution is 2.45. The standard InChI is InChI=1S/C19H20O6/c1-9(2)11-6-15(22)16(23)7-12(11)19-18(24-3)8-13-14(21)4-10(20)5-17(13)25-19/h4-7,18-23H,1,8H2,2-3H3/t18-,19-/m1/s1. The highest BCUT2D eigenvalue weighted by molar-refractivity contribution is 5.69. The molecule has 0 bridgehead atoms. The summed E-state index contributed by atoms with van der Waals surface area (Å²) in [7, 11) is 1.53. The molecule has 6 heteroatoms. The predicted molar refractivity (Wildman–Crippen MR) is 92.1 cm³/mol. The molecule has 132 valence electrons. The van der Waals surface area contributed by atoms with Gasteiger partial charge in [0.05, 0.1) is 0 Å². The van der Waals surface area contributed by atoms with Gasteiger partial charge in [-0.15, -0.1) is 0 Å². The lowest BCUT2D eigenvalue weighted by atomic mass is 9.89. The third-order valence-electron chi connectivity index (χ3n) is 4.38. The Morgan fingerprint density at radius 3 is 2.40 bits per heavy atom. The first kappa shape index (κ1) is 17.0. The fraction of sp³-hybridized carbons (Fsp3) is 0.263. The second-order valence-electron chi connectivity index (χ2n) is 6.17. The van der Waals surface area contributed by atoms with E-state index < -0.39 is 12.2 Å². The molecule has 2 aromatic carbocycles. The summed E-state index contributed by atoms with van der Waals surface area (Å²) in [6, 6.07) is 5.53. The third-order valence-corrected chi connectivity index (χ3v) is 4.38. The highest BCUT2D eigenvalue weighted by Gasteiger charge is 2.35.